The first kappa shape index (κ1) is 16.2. The smallest absolute Gasteiger partial charge is 0.228 e. The van der Waals surface area contributed by atoms with Crippen molar-refractivity contribution in [2.45, 2.75) is 6.42 Å². The van der Waals surface area contributed by atoms with Crippen molar-refractivity contribution in [2.75, 3.05) is 19.5 Å². The minimum Gasteiger partial charge on any atom is -0.497 e. The number of methoxy groups -OCH3 is 2. The molecule has 6 heteroatoms. The number of ether oxygens (including phenoxy) is 2. The van der Waals surface area contributed by atoms with Crippen molar-refractivity contribution in [3.8, 4) is 11.5 Å². The van der Waals surface area contributed by atoms with Gasteiger partial charge in [0.05, 0.1) is 26.3 Å². The van der Waals surface area contributed by atoms with Gasteiger partial charge in [-0.2, -0.15) is 0 Å². The Labute approximate surface area is 144 Å². The van der Waals surface area contributed by atoms with Gasteiger partial charge in [0.1, 0.15) is 11.5 Å². The molecule has 1 amide bonds. The Kier molecular flexibility index (Phi) is 4.62. The van der Waals surface area contributed by atoms with Crippen molar-refractivity contribution in [2.24, 2.45) is 0 Å². The predicted molar refractivity (Wildman–Crippen MR) is 95.2 cm³/mol. The maximum atomic E-state index is 12.4. The van der Waals surface area contributed by atoms with E-state index in [-0.39, 0.29) is 12.3 Å². The van der Waals surface area contributed by atoms with E-state index in [2.05, 4.69) is 10.3 Å². The topological polar surface area (TPSA) is 63.3 Å². The fraction of sp³-hybridized carbons (Fsp3) is 0.167. The molecule has 124 valence electrons. The monoisotopic (exact) mass is 344 g/mol. The molecule has 0 spiro atoms. The van der Waals surface area contributed by atoms with Crippen LogP contribution in [0.25, 0.3) is 10.9 Å². The number of halogens is 1. The number of rotatable bonds is 5. The van der Waals surface area contributed by atoms with Crippen LogP contribution >= 0.6 is 11.6 Å². The van der Waals surface area contributed by atoms with Gasteiger partial charge in [-0.1, -0.05) is 11.6 Å². The minimum absolute atomic E-state index is 0.139. The fourth-order valence-corrected chi connectivity index (χ4v) is 2.74. The number of hydrogen-bond donors (Lipinski definition) is 2. The van der Waals surface area contributed by atoms with Crippen molar-refractivity contribution in [1.29, 1.82) is 0 Å². The lowest BCUT2D eigenvalue weighted by atomic mass is 10.1. The second-order valence-corrected chi connectivity index (χ2v) is 5.73. The van der Waals surface area contributed by atoms with Crippen LogP contribution in [-0.2, 0) is 11.2 Å². The fourth-order valence-electron chi connectivity index (χ4n) is 2.57. The third kappa shape index (κ3) is 3.31. The second kappa shape index (κ2) is 6.84. The van der Waals surface area contributed by atoms with Crippen LogP contribution in [0.1, 0.15) is 5.56 Å². The standard InChI is InChI=1S/C18H17ClN2O3/c1-23-13-4-6-16(17(9-13)24-2)21-18(22)7-11-10-20-15-5-3-12(19)8-14(11)15/h3-6,8-10,20H,7H2,1-2H3,(H,21,22). The molecule has 0 unspecified atom stereocenters. The maximum Gasteiger partial charge on any atom is 0.228 e. The first-order chi connectivity index (χ1) is 11.6. The SMILES string of the molecule is COc1ccc(NC(=O)Cc2c[nH]c3ccc(Cl)cc23)c(OC)c1. The normalized spacial score (nSPS) is 10.6. The first-order valence-electron chi connectivity index (χ1n) is 7.38. The van der Waals surface area contributed by atoms with Crippen molar-refractivity contribution < 1.29 is 14.3 Å². The summed E-state index contributed by atoms with van der Waals surface area (Å²) in [6.45, 7) is 0. The molecule has 0 atom stereocenters. The molecule has 0 bridgehead atoms. The van der Waals surface area contributed by atoms with Gasteiger partial charge in [-0.05, 0) is 35.9 Å². The van der Waals surface area contributed by atoms with E-state index in [9.17, 15) is 4.79 Å². The molecule has 0 aliphatic rings. The van der Waals surface area contributed by atoms with Gasteiger partial charge < -0.3 is 19.8 Å². The van der Waals surface area contributed by atoms with E-state index < -0.39 is 0 Å². The average molecular weight is 345 g/mol. The number of benzene rings is 2. The summed E-state index contributed by atoms with van der Waals surface area (Å²) in [7, 11) is 3.13. The Morgan fingerprint density at radius 3 is 2.75 bits per heavy atom. The minimum atomic E-state index is -0.139. The summed E-state index contributed by atoms with van der Waals surface area (Å²) in [5, 5.41) is 4.45. The molecular weight excluding hydrogens is 328 g/mol. The Morgan fingerprint density at radius 1 is 1.17 bits per heavy atom. The summed E-state index contributed by atoms with van der Waals surface area (Å²) in [5.74, 6) is 1.07. The zero-order chi connectivity index (χ0) is 17.1. The van der Waals surface area contributed by atoms with E-state index in [4.69, 9.17) is 21.1 Å². The number of aromatic nitrogens is 1. The molecule has 0 saturated carbocycles. The molecule has 1 aromatic heterocycles. The largest absolute Gasteiger partial charge is 0.497 e. The summed E-state index contributed by atoms with van der Waals surface area (Å²) in [5.41, 5.74) is 2.43. The van der Waals surface area contributed by atoms with E-state index in [1.165, 1.54) is 0 Å². The van der Waals surface area contributed by atoms with Crippen molar-refractivity contribution in [3.05, 3.63) is 53.2 Å². The van der Waals surface area contributed by atoms with Crippen molar-refractivity contribution in [1.82, 2.24) is 4.98 Å². The highest BCUT2D eigenvalue weighted by Gasteiger charge is 2.12. The van der Waals surface area contributed by atoms with Crippen LogP contribution in [-0.4, -0.2) is 25.1 Å². The number of H-pyrrole nitrogens is 1. The zero-order valence-corrected chi connectivity index (χ0v) is 14.1. The number of hydrogen-bond acceptors (Lipinski definition) is 3. The lowest BCUT2D eigenvalue weighted by Crippen LogP contribution is -2.14. The Balaban J connectivity index is 1.79. The molecule has 2 aromatic carbocycles. The molecule has 0 radical (unpaired) electrons. The van der Waals surface area contributed by atoms with Gasteiger partial charge in [-0.25, -0.2) is 0 Å². The van der Waals surface area contributed by atoms with E-state index >= 15 is 0 Å². The molecule has 0 fully saturated rings. The molecule has 0 aliphatic carbocycles. The maximum absolute atomic E-state index is 12.4. The molecule has 3 rings (SSSR count). The van der Waals surface area contributed by atoms with Crippen LogP contribution in [0.3, 0.4) is 0 Å². The van der Waals surface area contributed by atoms with Crippen LogP contribution in [0.5, 0.6) is 11.5 Å². The molecule has 2 N–H and O–H groups in total. The number of fused-ring (bicyclic) bond motifs is 1. The molecule has 1 heterocycles. The number of amides is 1. The number of carbonyl (C=O) groups is 1. The van der Waals surface area contributed by atoms with E-state index in [0.29, 0.717) is 22.2 Å². The molecule has 3 aromatic rings. The molecule has 24 heavy (non-hydrogen) atoms. The molecule has 0 saturated heterocycles. The third-order valence-corrected chi connectivity index (χ3v) is 4.00. The van der Waals surface area contributed by atoms with Gasteiger partial charge in [-0.3, -0.25) is 4.79 Å². The van der Waals surface area contributed by atoms with Gasteiger partial charge in [0.25, 0.3) is 0 Å². The predicted octanol–water partition coefficient (Wildman–Crippen LogP) is 4.02. The zero-order valence-electron chi connectivity index (χ0n) is 13.4. The van der Waals surface area contributed by atoms with Crippen LogP contribution in [0.2, 0.25) is 5.02 Å². The third-order valence-electron chi connectivity index (χ3n) is 3.76. The van der Waals surface area contributed by atoms with Crippen LogP contribution < -0.4 is 14.8 Å². The van der Waals surface area contributed by atoms with Gasteiger partial charge in [0.15, 0.2) is 0 Å². The van der Waals surface area contributed by atoms with Gasteiger partial charge in [0.2, 0.25) is 5.91 Å². The molecule has 5 nitrogen and oxygen atoms in total. The van der Waals surface area contributed by atoms with E-state index in [1.807, 2.05) is 24.4 Å². The van der Waals surface area contributed by atoms with Crippen LogP contribution in [0.4, 0.5) is 5.69 Å². The van der Waals surface area contributed by atoms with Crippen LogP contribution in [0, 0.1) is 0 Å². The summed E-state index contributed by atoms with van der Waals surface area (Å²) < 4.78 is 10.4. The Hall–Kier alpha value is -2.66. The van der Waals surface area contributed by atoms with Gasteiger partial charge in [-0.15, -0.1) is 0 Å². The van der Waals surface area contributed by atoms with E-state index in [1.54, 1.807) is 32.4 Å². The number of aromatic amines is 1. The van der Waals surface area contributed by atoms with Crippen LogP contribution in [0.15, 0.2) is 42.6 Å². The lowest BCUT2D eigenvalue weighted by Gasteiger charge is -2.11. The number of nitrogens with one attached hydrogen (secondary N) is 2. The van der Waals surface area contributed by atoms with Crippen molar-refractivity contribution >= 4 is 34.1 Å². The van der Waals surface area contributed by atoms with E-state index in [0.717, 1.165) is 16.5 Å². The highest BCUT2D eigenvalue weighted by atomic mass is 35.5. The Bertz CT molecular complexity index is 889. The average Bonchev–Trinajstić information content (AvgIpc) is 2.97. The summed E-state index contributed by atoms with van der Waals surface area (Å²) in [4.78, 5) is 15.5. The molecule has 0 aliphatic heterocycles. The summed E-state index contributed by atoms with van der Waals surface area (Å²) in [6.07, 6.45) is 2.06. The highest BCUT2D eigenvalue weighted by molar-refractivity contribution is 6.31. The number of carbonyl (C=O) groups excluding carboxylic acids is 1. The summed E-state index contributed by atoms with van der Waals surface area (Å²) >= 11 is 6.04. The Morgan fingerprint density at radius 2 is 2.00 bits per heavy atom. The van der Waals surface area contributed by atoms with Crippen molar-refractivity contribution in [3.63, 3.8) is 0 Å². The highest BCUT2D eigenvalue weighted by Crippen LogP contribution is 2.29. The van der Waals surface area contributed by atoms with Gasteiger partial charge >= 0.3 is 0 Å². The quantitative estimate of drug-likeness (QED) is 0.734. The summed E-state index contributed by atoms with van der Waals surface area (Å²) in [6, 6.07) is 10.8. The number of anilines is 1. The van der Waals surface area contributed by atoms with Gasteiger partial charge in [0, 0.05) is 28.2 Å². The lowest BCUT2D eigenvalue weighted by molar-refractivity contribution is -0.115. The second-order valence-electron chi connectivity index (χ2n) is 5.29. The first-order valence-corrected chi connectivity index (χ1v) is 7.76. The molecular formula is C18H17ClN2O3.